The van der Waals surface area contributed by atoms with Gasteiger partial charge in [-0.2, -0.15) is 0 Å². The maximum absolute atomic E-state index is 4.32. The Morgan fingerprint density at radius 3 is 2.80 bits per heavy atom. The third-order valence-electron chi connectivity index (χ3n) is 3.49. The first-order valence-corrected chi connectivity index (χ1v) is 5.52. The van der Waals surface area contributed by atoms with Gasteiger partial charge in [0.2, 0.25) is 5.95 Å². The molecule has 0 amide bonds. The molecule has 2 N–H and O–H groups in total. The van der Waals surface area contributed by atoms with Gasteiger partial charge in [-0.3, -0.25) is 0 Å². The Bertz CT molecular complexity index is 338. The molecular formula is C10H19N5. The summed E-state index contributed by atoms with van der Waals surface area (Å²) in [6, 6.07) is 0. The molecule has 1 aromatic heterocycles. The van der Waals surface area contributed by atoms with E-state index in [1.807, 2.05) is 14.1 Å². The molecule has 1 aromatic rings. The highest BCUT2D eigenvalue weighted by Gasteiger charge is 2.38. The molecule has 0 radical (unpaired) electrons. The van der Waals surface area contributed by atoms with Crippen LogP contribution in [0.15, 0.2) is 0 Å². The lowest BCUT2D eigenvalue weighted by Gasteiger charge is -2.25. The van der Waals surface area contributed by atoms with Gasteiger partial charge in [-0.25, -0.2) is 0 Å². The van der Waals surface area contributed by atoms with Crippen LogP contribution in [0, 0.1) is 0 Å². The summed E-state index contributed by atoms with van der Waals surface area (Å²) in [5, 5.41) is 14.9. The molecule has 5 heteroatoms. The Hall–Kier alpha value is -1.10. The summed E-state index contributed by atoms with van der Waals surface area (Å²) in [6.45, 7) is 4.31. The van der Waals surface area contributed by atoms with E-state index in [4.69, 9.17) is 0 Å². The molecule has 2 heterocycles. The summed E-state index contributed by atoms with van der Waals surface area (Å²) >= 11 is 0. The summed E-state index contributed by atoms with van der Waals surface area (Å²) in [5.41, 5.74) is 0.177. The van der Waals surface area contributed by atoms with Crippen molar-refractivity contribution in [3.05, 3.63) is 5.82 Å². The highest BCUT2D eigenvalue weighted by atomic mass is 15.3. The van der Waals surface area contributed by atoms with Crippen LogP contribution in [0.1, 0.15) is 25.6 Å². The molecule has 5 nitrogen and oxygen atoms in total. The molecule has 1 aliphatic rings. The summed E-state index contributed by atoms with van der Waals surface area (Å²) in [5.74, 6) is 1.93. The second-order valence-electron chi connectivity index (χ2n) is 4.22. The van der Waals surface area contributed by atoms with Crippen molar-refractivity contribution < 1.29 is 0 Å². The first kappa shape index (κ1) is 10.4. The molecule has 2 rings (SSSR count). The van der Waals surface area contributed by atoms with Gasteiger partial charge >= 0.3 is 0 Å². The SMILES string of the molecule is CCC1(c2nnc(NC)n2C)CCNC1. The van der Waals surface area contributed by atoms with Gasteiger partial charge in [-0.1, -0.05) is 6.92 Å². The molecule has 1 aliphatic heterocycles. The van der Waals surface area contributed by atoms with Gasteiger partial charge in [0.1, 0.15) is 5.82 Å². The molecule has 0 aliphatic carbocycles. The first-order valence-electron chi connectivity index (χ1n) is 5.52. The van der Waals surface area contributed by atoms with Gasteiger partial charge in [0, 0.05) is 26.1 Å². The van der Waals surface area contributed by atoms with Gasteiger partial charge < -0.3 is 15.2 Å². The monoisotopic (exact) mass is 209 g/mol. The average Bonchev–Trinajstić information content (AvgIpc) is 2.85. The zero-order chi connectivity index (χ0) is 10.9. The molecule has 1 atom stereocenters. The fourth-order valence-corrected chi connectivity index (χ4v) is 2.40. The van der Waals surface area contributed by atoms with E-state index in [1.165, 1.54) is 0 Å². The summed E-state index contributed by atoms with van der Waals surface area (Å²) in [4.78, 5) is 0. The Morgan fingerprint density at radius 1 is 1.53 bits per heavy atom. The number of nitrogens with zero attached hydrogens (tertiary/aromatic N) is 3. The van der Waals surface area contributed by atoms with E-state index in [-0.39, 0.29) is 5.41 Å². The normalized spacial score (nSPS) is 25.8. The molecule has 0 aromatic carbocycles. The minimum atomic E-state index is 0.177. The standard InChI is InChI=1S/C10H19N5/c1-4-10(5-6-12-7-10)8-13-14-9(11-2)15(8)3/h12H,4-7H2,1-3H3,(H,11,14). The van der Waals surface area contributed by atoms with E-state index in [9.17, 15) is 0 Å². The second-order valence-corrected chi connectivity index (χ2v) is 4.22. The summed E-state index contributed by atoms with van der Waals surface area (Å²) in [6.07, 6.45) is 2.26. The van der Waals surface area contributed by atoms with Crippen molar-refractivity contribution in [2.75, 3.05) is 25.5 Å². The number of hydrogen-bond acceptors (Lipinski definition) is 4. The van der Waals surface area contributed by atoms with Crippen molar-refractivity contribution in [1.29, 1.82) is 0 Å². The zero-order valence-corrected chi connectivity index (χ0v) is 9.67. The van der Waals surface area contributed by atoms with Gasteiger partial charge in [0.25, 0.3) is 0 Å². The van der Waals surface area contributed by atoms with Crippen LogP contribution in [0.25, 0.3) is 0 Å². The molecule has 1 fully saturated rings. The number of hydrogen-bond donors (Lipinski definition) is 2. The van der Waals surface area contributed by atoms with Crippen molar-refractivity contribution in [3.63, 3.8) is 0 Å². The number of aromatic nitrogens is 3. The van der Waals surface area contributed by atoms with Gasteiger partial charge in [0.15, 0.2) is 0 Å². The molecule has 0 bridgehead atoms. The number of rotatable bonds is 3. The lowest BCUT2D eigenvalue weighted by molar-refractivity contribution is 0.412. The van der Waals surface area contributed by atoms with E-state index in [0.717, 1.165) is 37.7 Å². The number of nitrogens with one attached hydrogen (secondary N) is 2. The van der Waals surface area contributed by atoms with Crippen molar-refractivity contribution in [2.45, 2.75) is 25.2 Å². The van der Waals surface area contributed by atoms with Crippen LogP contribution in [0.2, 0.25) is 0 Å². The van der Waals surface area contributed by atoms with Crippen LogP contribution in [-0.4, -0.2) is 34.9 Å². The van der Waals surface area contributed by atoms with Crippen LogP contribution in [0.5, 0.6) is 0 Å². The zero-order valence-electron chi connectivity index (χ0n) is 9.67. The van der Waals surface area contributed by atoms with Crippen LogP contribution < -0.4 is 10.6 Å². The van der Waals surface area contributed by atoms with Crippen molar-refractivity contribution in [1.82, 2.24) is 20.1 Å². The van der Waals surface area contributed by atoms with Gasteiger partial charge in [-0.15, -0.1) is 10.2 Å². The highest BCUT2D eigenvalue weighted by molar-refractivity contribution is 5.27. The second kappa shape index (κ2) is 3.81. The van der Waals surface area contributed by atoms with E-state index in [1.54, 1.807) is 0 Å². The van der Waals surface area contributed by atoms with Crippen LogP contribution in [-0.2, 0) is 12.5 Å². The Balaban J connectivity index is 2.38. The molecule has 1 saturated heterocycles. The molecule has 0 spiro atoms. The van der Waals surface area contributed by atoms with Crippen LogP contribution in [0.3, 0.4) is 0 Å². The quantitative estimate of drug-likeness (QED) is 0.761. The van der Waals surface area contributed by atoms with E-state index in [0.29, 0.717) is 0 Å². The Morgan fingerprint density at radius 2 is 2.33 bits per heavy atom. The Labute approximate surface area is 90.3 Å². The summed E-state index contributed by atoms with van der Waals surface area (Å²) in [7, 11) is 3.90. The minimum absolute atomic E-state index is 0.177. The van der Waals surface area contributed by atoms with Crippen molar-refractivity contribution >= 4 is 5.95 Å². The van der Waals surface area contributed by atoms with E-state index in [2.05, 4.69) is 32.3 Å². The maximum atomic E-state index is 4.32. The molecular weight excluding hydrogens is 190 g/mol. The average molecular weight is 209 g/mol. The lowest BCUT2D eigenvalue weighted by Crippen LogP contribution is -2.31. The van der Waals surface area contributed by atoms with Crippen LogP contribution in [0.4, 0.5) is 5.95 Å². The molecule has 0 saturated carbocycles. The predicted molar refractivity (Wildman–Crippen MR) is 60.0 cm³/mol. The molecule has 15 heavy (non-hydrogen) atoms. The van der Waals surface area contributed by atoms with Gasteiger partial charge in [0.05, 0.1) is 0 Å². The smallest absolute Gasteiger partial charge is 0.224 e. The Kier molecular flexibility index (Phi) is 2.65. The minimum Gasteiger partial charge on any atom is -0.357 e. The molecule has 1 unspecified atom stereocenters. The van der Waals surface area contributed by atoms with Crippen LogP contribution >= 0.6 is 0 Å². The van der Waals surface area contributed by atoms with E-state index < -0.39 is 0 Å². The third kappa shape index (κ3) is 1.51. The van der Waals surface area contributed by atoms with Gasteiger partial charge in [-0.05, 0) is 19.4 Å². The largest absolute Gasteiger partial charge is 0.357 e. The van der Waals surface area contributed by atoms with Crippen molar-refractivity contribution in [2.24, 2.45) is 7.05 Å². The highest BCUT2D eigenvalue weighted by Crippen LogP contribution is 2.33. The lowest BCUT2D eigenvalue weighted by atomic mass is 9.83. The fourth-order valence-electron chi connectivity index (χ4n) is 2.40. The van der Waals surface area contributed by atoms with Crippen molar-refractivity contribution in [3.8, 4) is 0 Å². The molecule has 84 valence electrons. The first-order chi connectivity index (χ1) is 7.23. The maximum Gasteiger partial charge on any atom is 0.224 e. The summed E-state index contributed by atoms with van der Waals surface area (Å²) < 4.78 is 2.07. The third-order valence-corrected chi connectivity index (χ3v) is 3.49. The topological polar surface area (TPSA) is 54.8 Å². The number of anilines is 1. The van der Waals surface area contributed by atoms with E-state index >= 15 is 0 Å². The fraction of sp³-hybridized carbons (Fsp3) is 0.800. The predicted octanol–water partition coefficient (Wildman–Crippen LogP) is 0.498.